The molecule has 0 saturated heterocycles. The van der Waals surface area contributed by atoms with Gasteiger partial charge in [-0.2, -0.15) is 0 Å². The van der Waals surface area contributed by atoms with E-state index in [-0.39, 0.29) is 24.3 Å². The zero-order valence-corrected chi connectivity index (χ0v) is 10.3. The van der Waals surface area contributed by atoms with Crippen LogP contribution in [0.4, 0.5) is 0 Å². The lowest BCUT2D eigenvalue weighted by molar-refractivity contribution is 0.0849. The summed E-state index contributed by atoms with van der Waals surface area (Å²) in [6.45, 7) is 3.73. The fourth-order valence-electron chi connectivity index (χ4n) is 1.55. The number of ether oxygens (including phenoxy) is 1. The highest BCUT2D eigenvalue weighted by Crippen LogP contribution is 2.09. The van der Waals surface area contributed by atoms with Gasteiger partial charge in [0, 0.05) is 20.6 Å². The number of nitrogens with one attached hydrogen (secondary N) is 1. The summed E-state index contributed by atoms with van der Waals surface area (Å²) in [6, 6.07) is -0.234. The van der Waals surface area contributed by atoms with E-state index in [1.165, 1.54) is 0 Å². The Hall–Kier alpha value is -1.40. The van der Waals surface area contributed by atoms with Gasteiger partial charge in [0.25, 0.3) is 5.91 Å². The van der Waals surface area contributed by atoms with Crippen molar-refractivity contribution in [3.05, 3.63) is 17.3 Å². The molecule has 0 saturated carbocycles. The second kappa shape index (κ2) is 6.36. The Morgan fingerprint density at radius 3 is 2.76 bits per heavy atom. The van der Waals surface area contributed by atoms with Gasteiger partial charge in [0.05, 0.1) is 18.3 Å². The van der Waals surface area contributed by atoms with Gasteiger partial charge in [-0.3, -0.25) is 4.79 Å². The van der Waals surface area contributed by atoms with Crippen LogP contribution in [0.15, 0.2) is 4.42 Å². The third-order valence-electron chi connectivity index (χ3n) is 2.29. The molecule has 6 heteroatoms. The summed E-state index contributed by atoms with van der Waals surface area (Å²) in [4.78, 5) is 15.9. The highest BCUT2D eigenvalue weighted by atomic mass is 16.5. The van der Waals surface area contributed by atoms with Crippen LogP contribution in [-0.2, 0) is 4.74 Å². The normalized spacial score (nSPS) is 12.5. The molecule has 0 aliphatic rings. The molecule has 0 aliphatic heterocycles. The fourth-order valence-corrected chi connectivity index (χ4v) is 1.55. The van der Waals surface area contributed by atoms with Crippen LogP contribution in [-0.4, -0.2) is 42.4 Å². The van der Waals surface area contributed by atoms with Crippen LogP contribution in [0.1, 0.15) is 28.6 Å². The molecule has 0 radical (unpaired) electrons. The van der Waals surface area contributed by atoms with Gasteiger partial charge in [-0.25, -0.2) is 4.98 Å². The molecule has 0 aromatic carbocycles. The first kappa shape index (κ1) is 13.7. The molecule has 6 nitrogen and oxygen atoms in total. The summed E-state index contributed by atoms with van der Waals surface area (Å²) >= 11 is 0. The second-order valence-electron chi connectivity index (χ2n) is 3.79. The zero-order valence-electron chi connectivity index (χ0n) is 10.3. The number of aliphatic hydroxyl groups is 1. The lowest BCUT2D eigenvalue weighted by atomic mass is 10.2. The molecule has 0 fully saturated rings. The van der Waals surface area contributed by atoms with Gasteiger partial charge in [0.15, 0.2) is 5.89 Å². The van der Waals surface area contributed by atoms with E-state index in [1.807, 2.05) is 0 Å². The average Bonchev–Trinajstić information content (AvgIpc) is 2.58. The van der Waals surface area contributed by atoms with Gasteiger partial charge in [0.2, 0.25) is 5.76 Å². The van der Waals surface area contributed by atoms with Crippen molar-refractivity contribution in [2.45, 2.75) is 26.3 Å². The van der Waals surface area contributed by atoms with Crippen molar-refractivity contribution in [1.29, 1.82) is 0 Å². The summed E-state index contributed by atoms with van der Waals surface area (Å²) in [7, 11) is 1.54. The van der Waals surface area contributed by atoms with Gasteiger partial charge in [0.1, 0.15) is 0 Å². The first-order valence-electron chi connectivity index (χ1n) is 5.43. The van der Waals surface area contributed by atoms with Gasteiger partial charge in [-0.1, -0.05) is 0 Å². The van der Waals surface area contributed by atoms with Gasteiger partial charge < -0.3 is 19.6 Å². The molecule has 17 heavy (non-hydrogen) atoms. The van der Waals surface area contributed by atoms with E-state index in [0.29, 0.717) is 24.6 Å². The third-order valence-corrected chi connectivity index (χ3v) is 2.29. The van der Waals surface area contributed by atoms with Crippen molar-refractivity contribution in [2.75, 3.05) is 20.3 Å². The van der Waals surface area contributed by atoms with E-state index < -0.39 is 0 Å². The second-order valence-corrected chi connectivity index (χ2v) is 3.79. The standard InChI is InChI=1S/C11H18N2O4/c1-7-10(17-8(2)12-7)11(15)13-9(4-5-14)6-16-3/h9,14H,4-6H2,1-3H3,(H,13,15). The molecular formula is C11H18N2O4. The molecule has 1 amide bonds. The van der Waals surface area contributed by atoms with Gasteiger partial charge in [-0.05, 0) is 13.3 Å². The number of aromatic nitrogens is 1. The molecule has 0 aliphatic carbocycles. The van der Waals surface area contributed by atoms with Gasteiger partial charge in [-0.15, -0.1) is 0 Å². The third kappa shape index (κ3) is 3.83. The lowest BCUT2D eigenvalue weighted by Crippen LogP contribution is -2.38. The number of amides is 1. The van der Waals surface area contributed by atoms with Crippen molar-refractivity contribution < 1.29 is 19.1 Å². The smallest absolute Gasteiger partial charge is 0.289 e. The topological polar surface area (TPSA) is 84.6 Å². The Kier molecular flexibility index (Phi) is 5.11. The Morgan fingerprint density at radius 1 is 1.59 bits per heavy atom. The van der Waals surface area contributed by atoms with E-state index in [1.54, 1.807) is 21.0 Å². The van der Waals surface area contributed by atoms with E-state index >= 15 is 0 Å². The van der Waals surface area contributed by atoms with E-state index in [2.05, 4.69) is 10.3 Å². The largest absolute Gasteiger partial charge is 0.436 e. The average molecular weight is 242 g/mol. The number of methoxy groups -OCH3 is 1. The van der Waals surface area contributed by atoms with Gasteiger partial charge >= 0.3 is 0 Å². The van der Waals surface area contributed by atoms with Crippen LogP contribution >= 0.6 is 0 Å². The Morgan fingerprint density at radius 2 is 2.29 bits per heavy atom. The van der Waals surface area contributed by atoms with Crippen molar-refractivity contribution in [2.24, 2.45) is 0 Å². The SMILES string of the molecule is COCC(CCO)NC(=O)c1oc(C)nc1C. The van der Waals surface area contributed by atoms with Crippen molar-refractivity contribution in [1.82, 2.24) is 10.3 Å². The molecule has 2 N–H and O–H groups in total. The maximum Gasteiger partial charge on any atom is 0.289 e. The number of oxazole rings is 1. The number of aryl methyl sites for hydroxylation is 2. The maximum absolute atomic E-state index is 11.9. The lowest BCUT2D eigenvalue weighted by Gasteiger charge is -2.15. The molecule has 1 heterocycles. The molecule has 0 spiro atoms. The quantitative estimate of drug-likeness (QED) is 0.755. The first-order chi connectivity index (χ1) is 8.08. The van der Waals surface area contributed by atoms with Crippen LogP contribution in [0.25, 0.3) is 0 Å². The minimum Gasteiger partial charge on any atom is -0.436 e. The van der Waals surface area contributed by atoms with Crippen molar-refractivity contribution in [3.63, 3.8) is 0 Å². The minimum absolute atomic E-state index is 0.0112. The van der Waals surface area contributed by atoms with E-state index in [4.69, 9.17) is 14.3 Å². The van der Waals surface area contributed by atoms with Crippen molar-refractivity contribution >= 4 is 5.91 Å². The number of rotatable bonds is 6. The fraction of sp³-hybridized carbons (Fsp3) is 0.636. The number of hydrogen-bond acceptors (Lipinski definition) is 5. The summed E-state index contributed by atoms with van der Waals surface area (Å²) in [5.41, 5.74) is 0.556. The minimum atomic E-state index is -0.335. The monoisotopic (exact) mass is 242 g/mol. The maximum atomic E-state index is 11.9. The Labute approximate surface area is 100.0 Å². The number of hydrogen-bond donors (Lipinski definition) is 2. The number of carbonyl (C=O) groups is 1. The zero-order chi connectivity index (χ0) is 12.8. The highest BCUT2D eigenvalue weighted by molar-refractivity contribution is 5.92. The molecule has 1 unspecified atom stereocenters. The van der Waals surface area contributed by atoms with Crippen LogP contribution in [0, 0.1) is 13.8 Å². The van der Waals surface area contributed by atoms with E-state index in [0.717, 1.165) is 0 Å². The Bertz CT molecular complexity index is 370. The van der Waals surface area contributed by atoms with Crippen LogP contribution in [0.3, 0.4) is 0 Å². The number of carbonyl (C=O) groups excluding carboxylic acids is 1. The predicted molar refractivity (Wildman–Crippen MR) is 60.8 cm³/mol. The number of aliphatic hydroxyl groups excluding tert-OH is 1. The molecule has 1 rings (SSSR count). The molecule has 96 valence electrons. The van der Waals surface area contributed by atoms with Crippen LogP contribution in [0.5, 0.6) is 0 Å². The van der Waals surface area contributed by atoms with Crippen molar-refractivity contribution in [3.8, 4) is 0 Å². The first-order valence-corrected chi connectivity index (χ1v) is 5.43. The number of nitrogens with zero attached hydrogens (tertiary/aromatic N) is 1. The summed E-state index contributed by atoms with van der Waals surface area (Å²) in [5.74, 6) is 0.332. The molecular weight excluding hydrogens is 224 g/mol. The highest BCUT2D eigenvalue weighted by Gasteiger charge is 2.19. The summed E-state index contributed by atoms with van der Waals surface area (Å²) < 4.78 is 10.2. The molecule has 1 atom stereocenters. The predicted octanol–water partition coefficient (Wildman–Crippen LogP) is 0.419. The van der Waals surface area contributed by atoms with Crippen LogP contribution in [0.2, 0.25) is 0 Å². The Balaban J connectivity index is 2.66. The summed E-state index contributed by atoms with van der Waals surface area (Å²) in [5, 5.41) is 11.6. The molecule has 1 aromatic heterocycles. The summed E-state index contributed by atoms with van der Waals surface area (Å²) in [6.07, 6.45) is 0.436. The molecule has 1 aromatic rings. The molecule has 0 bridgehead atoms. The van der Waals surface area contributed by atoms with E-state index in [9.17, 15) is 4.79 Å². The van der Waals surface area contributed by atoms with Crippen LogP contribution < -0.4 is 5.32 Å².